The van der Waals surface area contributed by atoms with Crippen molar-refractivity contribution in [3.8, 4) is 0 Å². The first-order chi connectivity index (χ1) is 8.45. The Balaban J connectivity index is 3.41. The summed E-state index contributed by atoms with van der Waals surface area (Å²) in [6.45, 7) is 13.7. The molecule has 0 unspecified atom stereocenters. The molecule has 0 radical (unpaired) electrons. The summed E-state index contributed by atoms with van der Waals surface area (Å²) >= 11 is 0. The molecule has 19 heavy (non-hydrogen) atoms. The molecule has 0 heterocycles. The molecule has 0 aliphatic rings. The van der Waals surface area contributed by atoms with E-state index in [1.54, 1.807) is 0 Å². The first-order valence-corrected chi connectivity index (χ1v) is 8.07. The van der Waals surface area contributed by atoms with Gasteiger partial charge in [-0.05, 0) is 49.8 Å². The molecule has 0 bridgehead atoms. The van der Waals surface area contributed by atoms with E-state index < -0.39 is 10.0 Å². The summed E-state index contributed by atoms with van der Waals surface area (Å²) in [4.78, 5) is 0.411. The Morgan fingerprint density at radius 3 is 1.79 bits per heavy atom. The maximum absolute atomic E-state index is 12.3. The average molecular weight is 283 g/mol. The van der Waals surface area contributed by atoms with Crippen molar-refractivity contribution in [1.82, 2.24) is 4.72 Å². The van der Waals surface area contributed by atoms with Crippen molar-refractivity contribution >= 4 is 10.0 Å². The summed E-state index contributed by atoms with van der Waals surface area (Å²) in [7, 11) is -3.43. The van der Waals surface area contributed by atoms with Gasteiger partial charge in [0.1, 0.15) is 0 Å². The van der Waals surface area contributed by atoms with Crippen LogP contribution in [0.2, 0.25) is 0 Å². The molecular weight excluding hydrogens is 258 g/mol. The van der Waals surface area contributed by atoms with Gasteiger partial charge in [0, 0.05) is 6.04 Å². The number of sulfonamides is 1. The molecule has 108 valence electrons. The zero-order valence-electron chi connectivity index (χ0n) is 13.0. The fourth-order valence-corrected chi connectivity index (χ4v) is 3.88. The summed E-state index contributed by atoms with van der Waals surface area (Å²) in [5.74, 6) is 0. The molecule has 3 nitrogen and oxygen atoms in total. The van der Waals surface area contributed by atoms with Crippen molar-refractivity contribution in [2.75, 3.05) is 0 Å². The summed E-state index contributed by atoms with van der Waals surface area (Å²) in [6.07, 6.45) is 0. The monoisotopic (exact) mass is 283 g/mol. The van der Waals surface area contributed by atoms with Gasteiger partial charge in [0.25, 0.3) is 0 Å². The lowest BCUT2D eigenvalue weighted by Crippen LogP contribution is -2.31. The molecule has 0 saturated heterocycles. The first-order valence-electron chi connectivity index (χ1n) is 6.59. The van der Waals surface area contributed by atoms with Crippen molar-refractivity contribution in [3.05, 3.63) is 28.8 Å². The normalized spacial score (nSPS) is 13.1. The minimum atomic E-state index is -3.43. The zero-order chi connectivity index (χ0) is 15.0. The number of hydrogen-bond acceptors (Lipinski definition) is 2. The minimum Gasteiger partial charge on any atom is -0.209 e. The maximum Gasteiger partial charge on any atom is 0.241 e. The van der Waals surface area contributed by atoms with Crippen LogP contribution in [0.25, 0.3) is 0 Å². The van der Waals surface area contributed by atoms with Crippen LogP contribution < -0.4 is 4.72 Å². The molecule has 1 aromatic carbocycles. The van der Waals surface area contributed by atoms with Gasteiger partial charge in [-0.15, -0.1) is 0 Å². The molecule has 0 amide bonds. The molecule has 1 N–H and O–H groups in total. The van der Waals surface area contributed by atoms with E-state index in [1.165, 1.54) is 0 Å². The van der Waals surface area contributed by atoms with Gasteiger partial charge in [-0.2, -0.15) is 0 Å². The SMILES string of the molecule is Cc1cc(C(C)(C)C)cc(C)c1S(=O)(=O)NC(C)C. The van der Waals surface area contributed by atoms with E-state index in [-0.39, 0.29) is 11.5 Å². The van der Waals surface area contributed by atoms with Crippen LogP contribution in [0.5, 0.6) is 0 Å². The van der Waals surface area contributed by atoms with E-state index in [4.69, 9.17) is 0 Å². The molecule has 0 spiro atoms. The lowest BCUT2D eigenvalue weighted by atomic mass is 9.85. The Hall–Kier alpha value is -0.870. The molecule has 0 saturated carbocycles. The molecule has 0 aliphatic heterocycles. The molecule has 0 aliphatic carbocycles. The second-order valence-electron chi connectivity index (χ2n) is 6.47. The summed E-state index contributed by atoms with van der Waals surface area (Å²) in [5, 5.41) is 0. The van der Waals surface area contributed by atoms with Gasteiger partial charge < -0.3 is 0 Å². The third kappa shape index (κ3) is 3.80. The smallest absolute Gasteiger partial charge is 0.209 e. The highest BCUT2D eigenvalue weighted by atomic mass is 32.2. The maximum atomic E-state index is 12.3. The number of aryl methyl sites for hydroxylation is 2. The van der Waals surface area contributed by atoms with Crippen LogP contribution in [-0.4, -0.2) is 14.5 Å². The van der Waals surface area contributed by atoms with Crippen LogP contribution in [0, 0.1) is 13.8 Å². The van der Waals surface area contributed by atoms with E-state index in [0.29, 0.717) is 4.90 Å². The van der Waals surface area contributed by atoms with E-state index in [2.05, 4.69) is 25.5 Å². The first kappa shape index (κ1) is 16.2. The Kier molecular flexibility index (Phi) is 4.47. The van der Waals surface area contributed by atoms with Crippen molar-refractivity contribution in [3.63, 3.8) is 0 Å². The lowest BCUT2D eigenvalue weighted by molar-refractivity contribution is 0.566. The van der Waals surface area contributed by atoms with E-state index in [0.717, 1.165) is 16.7 Å². The topological polar surface area (TPSA) is 46.2 Å². The predicted octanol–water partition coefficient (Wildman–Crippen LogP) is 3.29. The van der Waals surface area contributed by atoms with Crippen LogP contribution in [0.4, 0.5) is 0 Å². The Morgan fingerprint density at radius 1 is 1.05 bits per heavy atom. The van der Waals surface area contributed by atoms with Crippen LogP contribution >= 0.6 is 0 Å². The summed E-state index contributed by atoms with van der Waals surface area (Å²) in [5.41, 5.74) is 2.78. The molecule has 4 heteroatoms. The van der Waals surface area contributed by atoms with Crippen LogP contribution in [-0.2, 0) is 15.4 Å². The van der Waals surface area contributed by atoms with Crippen molar-refractivity contribution in [2.24, 2.45) is 0 Å². The van der Waals surface area contributed by atoms with Crippen molar-refractivity contribution in [1.29, 1.82) is 0 Å². The highest BCUT2D eigenvalue weighted by Gasteiger charge is 2.23. The quantitative estimate of drug-likeness (QED) is 0.925. The van der Waals surface area contributed by atoms with E-state index in [9.17, 15) is 8.42 Å². The molecule has 0 atom stereocenters. The lowest BCUT2D eigenvalue weighted by Gasteiger charge is -2.22. The highest BCUT2D eigenvalue weighted by molar-refractivity contribution is 7.89. The largest absolute Gasteiger partial charge is 0.241 e. The predicted molar refractivity (Wildman–Crippen MR) is 80.1 cm³/mol. The molecular formula is C15H25NO2S. The number of hydrogen-bond donors (Lipinski definition) is 1. The second kappa shape index (κ2) is 5.25. The fraction of sp³-hybridized carbons (Fsp3) is 0.600. The molecule has 1 rings (SSSR count). The zero-order valence-corrected chi connectivity index (χ0v) is 13.8. The van der Waals surface area contributed by atoms with Gasteiger partial charge in [0.2, 0.25) is 10.0 Å². The van der Waals surface area contributed by atoms with Gasteiger partial charge in [-0.1, -0.05) is 32.9 Å². The third-order valence-electron chi connectivity index (χ3n) is 2.99. The van der Waals surface area contributed by atoms with E-state index >= 15 is 0 Å². The minimum absolute atomic E-state index is 0.0172. The summed E-state index contributed by atoms with van der Waals surface area (Å²) in [6, 6.07) is 3.84. The average Bonchev–Trinajstić information content (AvgIpc) is 2.11. The standard InChI is InChI=1S/C15H25NO2S/c1-10(2)16-19(17,18)14-11(3)8-13(9-12(14)4)15(5,6)7/h8-10,16H,1-7H3. The molecule has 0 fully saturated rings. The number of benzene rings is 1. The van der Waals surface area contributed by atoms with Gasteiger partial charge in [-0.3, -0.25) is 0 Å². The van der Waals surface area contributed by atoms with Gasteiger partial charge in [-0.25, -0.2) is 13.1 Å². The van der Waals surface area contributed by atoms with Crippen molar-refractivity contribution in [2.45, 2.75) is 64.8 Å². The van der Waals surface area contributed by atoms with Crippen LogP contribution in [0.1, 0.15) is 51.3 Å². The van der Waals surface area contributed by atoms with Gasteiger partial charge in [0.05, 0.1) is 4.90 Å². The van der Waals surface area contributed by atoms with Crippen LogP contribution in [0.15, 0.2) is 17.0 Å². The van der Waals surface area contributed by atoms with Crippen molar-refractivity contribution < 1.29 is 8.42 Å². The molecule has 0 aromatic heterocycles. The second-order valence-corrected chi connectivity index (χ2v) is 8.12. The number of nitrogens with one attached hydrogen (secondary N) is 1. The Morgan fingerprint density at radius 2 is 1.47 bits per heavy atom. The third-order valence-corrected chi connectivity index (χ3v) is 4.95. The van der Waals surface area contributed by atoms with Crippen LogP contribution in [0.3, 0.4) is 0 Å². The molecule has 1 aromatic rings. The van der Waals surface area contributed by atoms with E-state index in [1.807, 2.05) is 39.8 Å². The fourth-order valence-electron chi connectivity index (χ4n) is 2.18. The number of rotatable bonds is 3. The summed E-state index contributed by atoms with van der Waals surface area (Å²) < 4.78 is 27.3. The van der Waals surface area contributed by atoms with Gasteiger partial charge >= 0.3 is 0 Å². The Labute approximate surface area is 117 Å². The Bertz CT molecular complexity index is 543. The van der Waals surface area contributed by atoms with Gasteiger partial charge in [0.15, 0.2) is 0 Å². The highest BCUT2D eigenvalue weighted by Crippen LogP contribution is 2.29.